The van der Waals surface area contributed by atoms with Crippen molar-refractivity contribution >= 4 is 23.2 Å². The Morgan fingerprint density at radius 1 is 1.25 bits per heavy atom. The molecule has 2 aromatic rings. The van der Waals surface area contributed by atoms with Gasteiger partial charge in [-0.25, -0.2) is 4.98 Å². The summed E-state index contributed by atoms with van der Waals surface area (Å²) < 4.78 is 5.10. The van der Waals surface area contributed by atoms with Crippen LogP contribution in [-0.4, -0.2) is 12.1 Å². The van der Waals surface area contributed by atoms with E-state index in [2.05, 4.69) is 17.2 Å². The molecule has 2 rings (SSSR count). The number of hydrogen-bond acceptors (Lipinski definition) is 3. The highest BCUT2D eigenvalue weighted by molar-refractivity contribution is 6.33. The largest absolute Gasteiger partial charge is 0.481 e. The zero-order valence-electron chi connectivity index (χ0n) is 11.4. The Labute approximate surface area is 128 Å². The van der Waals surface area contributed by atoms with Crippen molar-refractivity contribution in [2.24, 2.45) is 0 Å². The van der Waals surface area contributed by atoms with Crippen LogP contribution in [0.3, 0.4) is 0 Å². The third-order valence-electron chi connectivity index (χ3n) is 3.05. The average molecular weight is 311 g/mol. The lowest BCUT2D eigenvalue weighted by Crippen LogP contribution is -2.18. The van der Waals surface area contributed by atoms with Crippen molar-refractivity contribution in [2.75, 3.05) is 7.11 Å². The molecular weight excluding hydrogens is 295 g/mol. The summed E-state index contributed by atoms with van der Waals surface area (Å²) >= 11 is 12.2. The third kappa shape index (κ3) is 3.85. The van der Waals surface area contributed by atoms with Gasteiger partial charge in [-0.1, -0.05) is 23.2 Å². The first-order valence-electron chi connectivity index (χ1n) is 6.27. The van der Waals surface area contributed by atoms with Gasteiger partial charge in [0.2, 0.25) is 5.88 Å². The van der Waals surface area contributed by atoms with Crippen molar-refractivity contribution in [3.8, 4) is 5.88 Å². The van der Waals surface area contributed by atoms with Gasteiger partial charge in [0, 0.05) is 34.9 Å². The van der Waals surface area contributed by atoms with Crippen LogP contribution in [0.4, 0.5) is 0 Å². The van der Waals surface area contributed by atoms with Crippen LogP contribution in [0.5, 0.6) is 5.88 Å². The number of nitrogens with one attached hydrogen (secondary N) is 1. The number of halogens is 2. The van der Waals surface area contributed by atoms with Crippen molar-refractivity contribution in [3.05, 3.63) is 57.7 Å². The van der Waals surface area contributed by atoms with E-state index in [0.29, 0.717) is 22.5 Å². The monoisotopic (exact) mass is 310 g/mol. The molecule has 1 heterocycles. The molecule has 1 aromatic heterocycles. The fraction of sp³-hybridized carbons (Fsp3) is 0.267. The van der Waals surface area contributed by atoms with Crippen LogP contribution in [0.25, 0.3) is 0 Å². The van der Waals surface area contributed by atoms with Gasteiger partial charge < -0.3 is 10.1 Å². The van der Waals surface area contributed by atoms with Crippen LogP contribution in [-0.2, 0) is 6.54 Å². The second kappa shape index (κ2) is 6.93. The molecule has 0 spiro atoms. The SMILES string of the molecule is COc1cc(CNC(C)c2cc(Cl)ccc2Cl)ccn1. The molecule has 1 aromatic carbocycles. The van der Waals surface area contributed by atoms with E-state index >= 15 is 0 Å². The van der Waals surface area contributed by atoms with Gasteiger partial charge in [-0.3, -0.25) is 0 Å². The first-order chi connectivity index (χ1) is 9.60. The molecule has 5 heteroatoms. The molecule has 0 aliphatic carbocycles. The standard InChI is InChI=1S/C15H16Cl2N2O/c1-10(13-8-12(16)3-4-14(13)17)19-9-11-5-6-18-15(7-11)20-2/h3-8,10,19H,9H2,1-2H3. The molecule has 0 aliphatic heterocycles. The number of aromatic nitrogens is 1. The van der Waals surface area contributed by atoms with E-state index in [0.717, 1.165) is 11.1 Å². The zero-order chi connectivity index (χ0) is 14.5. The van der Waals surface area contributed by atoms with Gasteiger partial charge in [-0.15, -0.1) is 0 Å². The molecule has 1 unspecified atom stereocenters. The van der Waals surface area contributed by atoms with E-state index in [1.807, 2.05) is 24.3 Å². The minimum absolute atomic E-state index is 0.0976. The molecule has 1 N–H and O–H groups in total. The van der Waals surface area contributed by atoms with Crippen LogP contribution < -0.4 is 10.1 Å². The summed E-state index contributed by atoms with van der Waals surface area (Å²) in [5.74, 6) is 0.609. The Morgan fingerprint density at radius 2 is 2.05 bits per heavy atom. The Balaban J connectivity index is 2.04. The summed E-state index contributed by atoms with van der Waals surface area (Å²) in [5.41, 5.74) is 2.09. The number of ether oxygens (including phenoxy) is 1. The van der Waals surface area contributed by atoms with Crippen LogP contribution in [0.2, 0.25) is 10.0 Å². The highest BCUT2D eigenvalue weighted by Gasteiger charge is 2.10. The summed E-state index contributed by atoms with van der Waals surface area (Å²) in [4.78, 5) is 4.08. The molecule has 106 valence electrons. The molecule has 0 saturated heterocycles. The van der Waals surface area contributed by atoms with E-state index < -0.39 is 0 Å². The number of rotatable bonds is 5. The fourth-order valence-corrected chi connectivity index (χ4v) is 2.36. The van der Waals surface area contributed by atoms with E-state index in [9.17, 15) is 0 Å². The van der Waals surface area contributed by atoms with Crippen molar-refractivity contribution in [3.63, 3.8) is 0 Å². The van der Waals surface area contributed by atoms with Crippen LogP contribution in [0.15, 0.2) is 36.5 Å². The molecular formula is C15H16Cl2N2O. The number of methoxy groups -OCH3 is 1. The van der Waals surface area contributed by atoms with Gasteiger partial charge in [-0.05, 0) is 42.3 Å². The van der Waals surface area contributed by atoms with Gasteiger partial charge >= 0.3 is 0 Å². The maximum atomic E-state index is 6.19. The van der Waals surface area contributed by atoms with Crippen molar-refractivity contribution < 1.29 is 4.74 Å². The van der Waals surface area contributed by atoms with E-state index in [1.54, 1.807) is 19.4 Å². The zero-order valence-corrected chi connectivity index (χ0v) is 12.9. The molecule has 0 radical (unpaired) electrons. The minimum atomic E-state index is 0.0976. The molecule has 0 amide bonds. The lowest BCUT2D eigenvalue weighted by Gasteiger charge is -2.16. The Kier molecular flexibility index (Phi) is 5.24. The Hall–Kier alpha value is -1.29. The first kappa shape index (κ1) is 15.1. The molecule has 0 bridgehead atoms. The topological polar surface area (TPSA) is 34.1 Å². The molecule has 3 nitrogen and oxygen atoms in total. The molecule has 1 atom stereocenters. The van der Waals surface area contributed by atoms with Gasteiger partial charge in [0.15, 0.2) is 0 Å². The highest BCUT2D eigenvalue weighted by Crippen LogP contribution is 2.26. The van der Waals surface area contributed by atoms with Gasteiger partial charge in [0.1, 0.15) is 0 Å². The van der Waals surface area contributed by atoms with Crippen molar-refractivity contribution in [1.29, 1.82) is 0 Å². The maximum absolute atomic E-state index is 6.19. The fourth-order valence-electron chi connectivity index (χ4n) is 1.90. The number of hydrogen-bond donors (Lipinski definition) is 1. The molecule has 0 fully saturated rings. The van der Waals surface area contributed by atoms with Gasteiger partial charge in [0.05, 0.1) is 7.11 Å². The van der Waals surface area contributed by atoms with Gasteiger partial charge in [0.25, 0.3) is 0 Å². The summed E-state index contributed by atoms with van der Waals surface area (Å²) in [6, 6.07) is 9.43. The molecule has 20 heavy (non-hydrogen) atoms. The van der Waals surface area contributed by atoms with Crippen molar-refractivity contribution in [1.82, 2.24) is 10.3 Å². The number of pyridine rings is 1. The highest BCUT2D eigenvalue weighted by atomic mass is 35.5. The lowest BCUT2D eigenvalue weighted by atomic mass is 10.1. The smallest absolute Gasteiger partial charge is 0.213 e. The maximum Gasteiger partial charge on any atom is 0.213 e. The molecule has 0 aliphatic rings. The minimum Gasteiger partial charge on any atom is -0.481 e. The van der Waals surface area contributed by atoms with Crippen LogP contribution >= 0.6 is 23.2 Å². The number of nitrogens with zero attached hydrogens (tertiary/aromatic N) is 1. The lowest BCUT2D eigenvalue weighted by molar-refractivity contribution is 0.397. The molecule has 0 saturated carbocycles. The summed E-state index contributed by atoms with van der Waals surface area (Å²) in [7, 11) is 1.61. The third-order valence-corrected chi connectivity index (χ3v) is 3.62. The summed E-state index contributed by atoms with van der Waals surface area (Å²) in [5, 5.41) is 4.80. The van der Waals surface area contributed by atoms with E-state index in [1.165, 1.54) is 0 Å². The second-order valence-electron chi connectivity index (χ2n) is 4.47. The van der Waals surface area contributed by atoms with Crippen LogP contribution in [0.1, 0.15) is 24.1 Å². The van der Waals surface area contributed by atoms with Crippen LogP contribution in [0, 0.1) is 0 Å². The predicted octanol–water partition coefficient (Wildman–Crippen LogP) is 4.25. The average Bonchev–Trinajstić information content (AvgIpc) is 2.47. The summed E-state index contributed by atoms with van der Waals surface area (Å²) in [6.07, 6.45) is 1.73. The Morgan fingerprint density at radius 3 is 2.80 bits per heavy atom. The van der Waals surface area contributed by atoms with E-state index in [4.69, 9.17) is 27.9 Å². The normalized spacial score (nSPS) is 12.2. The summed E-state index contributed by atoms with van der Waals surface area (Å²) in [6.45, 7) is 2.75. The first-order valence-corrected chi connectivity index (χ1v) is 7.03. The Bertz CT molecular complexity index is 590. The van der Waals surface area contributed by atoms with Crippen molar-refractivity contribution in [2.45, 2.75) is 19.5 Å². The van der Waals surface area contributed by atoms with E-state index in [-0.39, 0.29) is 6.04 Å². The number of benzene rings is 1. The predicted molar refractivity (Wildman–Crippen MR) is 82.5 cm³/mol. The second-order valence-corrected chi connectivity index (χ2v) is 5.32. The van der Waals surface area contributed by atoms with Gasteiger partial charge in [-0.2, -0.15) is 0 Å². The quantitative estimate of drug-likeness (QED) is 0.896.